The van der Waals surface area contributed by atoms with Gasteiger partial charge in [0.1, 0.15) is 5.75 Å². The van der Waals surface area contributed by atoms with Crippen LogP contribution in [0, 0.1) is 5.92 Å². The summed E-state index contributed by atoms with van der Waals surface area (Å²) in [6, 6.07) is 7.31. The second-order valence-corrected chi connectivity index (χ2v) is 8.67. The van der Waals surface area contributed by atoms with Crippen molar-refractivity contribution in [2.45, 2.75) is 19.1 Å². The van der Waals surface area contributed by atoms with Gasteiger partial charge in [0.25, 0.3) is 0 Å². The van der Waals surface area contributed by atoms with Crippen molar-refractivity contribution >= 4 is 24.9 Å². The molecule has 0 bridgehead atoms. The molecule has 2 aliphatic rings. The van der Waals surface area contributed by atoms with Crippen molar-refractivity contribution in [1.29, 1.82) is 0 Å². The van der Waals surface area contributed by atoms with Gasteiger partial charge in [-0.25, -0.2) is 9.55 Å². The minimum atomic E-state index is -3.64. The molecule has 3 aromatic rings. The van der Waals surface area contributed by atoms with Crippen LogP contribution in [0.5, 0.6) is 11.6 Å². The summed E-state index contributed by atoms with van der Waals surface area (Å²) in [5.74, 6) is 1.02. The number of methoxy groups -OCH3 is 1. The number of para-hydroxylation sites is 1. The Hall–Kier alpha value is -2.94. The van der Waals surface area contributed by atoms with Gasteiger partial charge >= 0.3 is 7.82 Å². The molecule has 1 aromatic carbocycles. The number of nitrogen functional groups attached to an aromatic ring is 1. The Kier molecular flexibility index (Phi) is 4.69. The van der Waals surface area contributed by atoms with Gasteiger partial charge in [0.15, 0.2) is 11.2 Å². The van der Waals surface area contributed by atoms with Crippen LogP contribution in [-0.2, 0) is 20.2 Å². The standard InChI is InChI=1S/C19H20N5O5P/c1-26-18-16-17(22-19(20)23-18)24(11-21-16)14-7-6-12(8-14)9-27-30(25)28-10-13-4-2-3-5-15(13)29-30/h2-7,11-12,14H,8-10H2,1H3,(H2,20,22,23)/t12-,14+,30?/m1/s1. The summed E-state index contributed by atoms with van der Waals surface area (Å²) < 4.78 is 36.4. The summed E-state index contributed by atoms with van der Waals surface area (Å²) in [5.41, 5.74) is 7.78. The molecule has 1 aliphatic heterocycles. The molecule has 3 atom stereocenters. The van der Waals surface area contributed by atoms with Crippen LogP contribution in [0.2, 0.25) is 0 Å². The maximum absolute atomic E-state index is 12.8. The Morgan fingerprint density at radius 3 is 3.03 bits per heavy atom. The molecule has 1 unspecified atom stereocenters. The van der Waals surface area contributed by atoms with Crippen molar-refractivity contribution in [2.24, 2.45) is 5.92 Å². The molecule has 11 heteroatoms. The second kappa shape index (κ2) is 7.39. The van der Waals surface area contributed by atoms with Crippen LogP contribution < -0.4 is 15.0 Å². The van der Waals surface area contributed by atoms with E-state index >= 15 is 0 Å². The van der Waals surface area contributed by atoms with Gasteiger partial charge in [-0.15, -0.1) is 0 Å². The third-order valence-electron chi connectivity index (χ3n) is 5.11. The number of benzene rings is 1. The highest BCUT2D eigenvalue weighted by Crippen LogP contribution is 2.54. The van der Waals surface area contributed by atoms with E-state index in [4.69, 9.17) is 24.0 Å². The second-order valence-electron chi connectivity index (χ2n) is 7.08. The highest BCUT2D eigenvalue weighted by Gasteiger charge is 2.35. The first-order chi connectivity index (χ1) is 14.5. The zero-order valence-electron chi connectivity index (χ0n) is 16.2. The molecule has 0 fully saturated rings. The predicted octanol–water partition coefficient (Wildman–Crippen LogP) is 3.27. The van der Waals surface area contributed by atoms with E-state index in [0.29, 0.717) is 29.2 Å². The number of phosphoric ester groups is 1. The molecule has 30 heavy (non-hydrogen) atoms. The molecule has 0 saturated carbocycles. The van der Waals surface area contributed by atoms with Crippen LogP contribution >= 0.6 is 7.82 Å². The Morgan fingerprint density at radius 1 is 1.30 bits per heavy atom. The number of aromatic nitrogens is 4. The number of phosphoric acid groups is 1. The number of nitrogens with zero attached hydrogens (tertiary/aromatic N) is 4. The first kappa shape index (κ1) is 19.0. The van der Waals surface area contributed by atoms with Crippen molar-refractivity contribution in [2.75, 3.05) is 19.5 Å². The van der Waals surface area contributed by atoms with Gasteiger partial charge in [-0.3, -0.25) is 9.05 Å². The van der Waals surface area contributed by atoms with Gasteiger partial charge in [-0.1, -0.05) is 30.4 Å². The maximum atomic E-state index is 12.8. The van der Waals surface area contributed by atoms with E-state index in [2.05, 4.69) is 15.0 Å². The van der Waals surface area contributed by atoms with Gasteiger partial charge in [-0.2, -0.15) is 9.97 Å². The zero-order valence-corrected chi connectivity index (χ0v) is 17.1. The Labute approximate surface area is 172 Å². The van der Waals surface area contributed by atoms with Gasteiger partial charge in [0.05, 0.1) is 32.7 Å². The van der Waals surface area contributed by atoms with Crippen LogP contribution in [0.4, 0.5) is 5.95 Å². The first-order valence-electron chi connectivity index (χ1n) is 9.43. The molecule has 2 aromatic heterocycles. The van der Waals surface area contributed by atoms with Crippen molar-refractivity contribution in [3.63, 3.8) is 0 Å². The lowest BCUT2D eigenvalue weighted by Crippen LogP contribution is -2.14. The summed E-state index contributed by atoms with van der Waals surface area (Å²) in [4.78, 5) is 12.7. The monoisotopic (exact) mass is 429 g/mol. The van der Waals surface area contributed by atoms with Crippen molar-refractivity contribution in [3.05, 3.63) is 48.3 Å². The highest BCUT2D eigenvalue weighted by atomic mass is 31.2. The van der Waals surface area contributed by atoms with E-state index in [1.165, 1.54) is 7.11 Å². The Balaban J connectivity index is 1.26. The normalized spacial score (nSPS) is 25.2. The number of allylic oxidation sites excluding steroid dienone is 1. The summed E-state index contributed by atoms with van der Waals surface area (Å²) in [5, 5.41) is 0. The number of hydrogen-bond acceptors (Lipinski definition) is 9. The van der Waals surface area contributed by atoms with Crippen molar-refractivity contribution in [3.8, 4) is 11.6 Å². The van der Waals surface area contributed by atoms with Crippen LogP contribution in [-0.4, -0.2) is 33.2 Å². The fourth-order valence-electron chi connectivity index (χ4n) is 3.63. The smallest absolute Gasteiger partial charge is 0.479 e. The first-order valence-corrected chi connectivity index (χ1v) is 10.9. The van der Waals surface area contributed by atoms with E-state index in [1.807, 2.05) is 34.9 Å². The molecule has 0 saturated heterocycles. The number of hydrogen-bond donors (Lipinski definition) is 1. The van der Waals surface area contributed by atoms with Crippen LogP contribution in [0.25, 0.3) is 11.2 Å². The lowest BCUT2D eigenvalue weighted by Gasteiger charge is -2.25. The summed E-state index contributed by atoms with van der Waals surface area (Å²) >= 11 is 0. The summed E-state index contributed by atoms with van der Waals surface area (Å²) in [6.07, 6.45) is 6.45. The quantitative estimate of drug-likeness (QED) is 0.481. The third-order valence-corrected chi connectivity index (χ3v) is 6.45. The highest BCUT2D eigenvalue weighted by molar-refractivity contribution is 7.49. The Bertz CT molecular complexity index is 1180. The number of fused-ring (bicyclic) bond motifs is 2. The summed E-state index contributed by atoms with van der Waals surface area (Å²) in [6.45, 7) is 0.403. The number of anilines is 1. The molecule has 0 spiro atoms. The average Bonchev–Trinajstić information content (AvgIpc) is 3.38. The molecule has 0 radical (unpaired) electrons. The van der Waals surface area contributed by atoms with E-state index < -0.39 is 7.82 Å². The van der Waals surface area contributed by atoms with E-state index in [9.17, 15) is 4.57 Å². The Morgan fingerprint density at radius 2 is 2.17 bits per heavy atom. The minimum Gasteiger partial charge on any atom is -0.479 e. The maximum Gasteiger partial charge on any atom is 0.530 e. The van der Waals surface area contributed by atoms with Crippen molar-refractivity contribution < 1.29 is 22.9 Å². The number of ether oxygens (including phenoxy) is 1. The lowest BCUT2D eigenvalue weighted by molar-refractivity contribution is 0.124. The lowest BCUT2D eigenvalue weighted by atomic mass is 10.1. The topological polar surface area (TPSA) is 124 Å². The molecule has 2 N–H and O–H groups in total. The number of rotatable bonds is 5. The molecule has 10 nitrogen and oxygen atoms in total. The molecular weight excluding hydrogens is 409 g/mol. The molecule has 3 heterocycles. The predicted molar refractivity (Wildman–Crippen MR) is 108 cm³/mol. The molecular formula is C19H20N5O5P. The summed E-state index contributed by atoms with van der Waals surface area (Å²) in [7, 11) is -2.13. The molecule has 156 valence electrons. The third kappa shape index (κ3) is 3.43. The van der Waals surface area contributed by atoms with Crippen LogP contribution in [0.15, 0.2) is 42.7 Å². The zero-order chi connectivity index (χ0) is 20.7. The largest absolute Gasteiger partial charge is 0.530 e. The van der Waals surface area contributed by atoms with Gasteiger partial charge in [-0.05, 0) is 12.5 Å². The number of nitrogens with two attached hydrogens (primary N) is 1. The molecule has 5 rings (SSSR count). The van der Waals surface area contributed by atoms with Gasteiger partial charge < -0.3 is 19.6 Å². The van der Waals surface area contributed by atoms with Crippen LogP contribution in [0.3, 0.4) is 0 Å². The van der Waals surface area contributed by atoms with Crippen molar-refractivity contribution in [1.82, 2.24) is 19.5 Å². The number of imidazole rings is 1. The SMILES string of the molecule is COc1nc(N)nc2c1ncn2[C@H]1C=C[C@@H](COP2(=O)OCc3ccccc3O2)C1. The fraction of sp³-hybridized carbons (Fsp3) is 0.316. The fourth-order valence-corrected chi connectivity index (χ4v) is 4.90. The molecule has 0 amide bonds. The molecule has 1 aliphatic carbocycles. The van der Waals surface area contributed by atoms with Crippen LogP contribution in [0.1, 0.15) is 18.0 Å². The van der Waals surface area contributed by atoms with E-state index in [0.717, 1.165) is 5.56 Å². The van der Waals surface area contributed by atoms with Gasteiger partial charge in [0.2, 0.25) is 11.8 Å². The van der Waals surface area contributed by atoms with E-state index in [-0.39, 0.29) is 31.1 Å². The average molecular weight is 429 g/mol. The van der Waals surface area contributed by atoms with Gasteiger partial charge in [0, 0.05) is 11.5 Å². The van der Waals surface area contributed by atoms with E-state index in [1.54, 1.807) is 12.4 Å². The minimum absolute atomic E-state index is 0.00235.